The first-order valence-electron chi connectivity index (χ1n) is 4.02. The van der Waals surface area contributed by atoms with Crippen molar-refractivity contribution in [1.82, 2.24) is 0 Å². The molecule has 0 spiro atoms. The van der Waals surface area contributed by atoms with Gasteiger partial charge in [-0.25, -0.2) is 0 Å². The van der Waals surface area contributed by atoms with E-state index in [1.54, 1.807) is 0 Å². The van der Waals surface area contributed by atoms with Gasteiger partial charge in [-0.3, -0.25) is 0 Å². The number of hydrogen-bond acceptors (Lipinski definition) is 4. The first-order chi connectivity index (χ1) is 5.63. The maximum absolute atomic E-state index is 9.92. The van der Waals surface area contributed by atoms with Gasteiger partial charge in [-0.2, -0.15) is 0 Å². The van der Waals surface area contributed by atoms with E-state index in [0.29, 0.717) is 12.8 Å². The van der Waals surface area contributed by atoms with Gasteiger partial charge in [0, 0.05) is 11.9 Å². The van der Waals surface area contributed by atoms with E-state index in [1.807, 2.05) is 0 Å². The van der Waals surface area contributed by atoms with Crippen LogP contribution in [0.3, 0.4) is 0 Å². The average molecular weight is 238 g/mol. The van der Waals surface area contributed by atoms with Gasteiger partial charge in [-0.15, -0.1) is 0 Å². The Hall–Kier alpha value is -0.437. The molecule has 0 unspecified atom stereocenters. The fourth-order valence-electron chi connectivity index (χ4n) is 0.892. The molecular weight excluding hydrogens is 225 g/mol. The maximum Gasteiger partial charge on any atom is 2.00 e. The molecule has 5 heteroatoms. The number of unbranched alkanes of at least 4 members (excludes halogenated alkanes) is 3. The van der Waals surface area contributed by atoms with E-state index in [1.165, 1.54) is 0 Å². The second-order valence-corrected chi connectivity index (χ2v) is 2.66. The minimum Gasteiger partial charge on any atom is -0.550 e. The van der Waals surface area contributed by atoms with Crippen LogP contribution in [0.2, 0.25) is 0 Å². The van der Waals surface area contributed by atoms with Crippen molar-refractivity contribution in [2.45, 2.75) is 38.5 Å². The second-order valence-electron chi connectivity index (χ2n) is 2.66. The summed E-state index contributed by atoms with van der Waals surface area (Å²) in [7, 11) is 0. The summed E-state index contributed by atoms with van der Waals surface area (Å²) in [5, 5.41) is 19.8. The van der Waals surface area contributed by atoms with Crippen LogP contribution in [0.15, 0.2) is 0 Å². The van der Waals surface area contributed by atoms with Gasteiger partial charge in [0.05, 0.1) is 0 Å². The van der Waals surface area contributed by atoms with Crippen molar-refractivity contribution in [1.29, 1.82) is 0 Å². The summed E-state index contributed by atoms with van der Waals surface area (Å²) in [6, 6.07) is 0. The number of carbonyl (C=O) groups is 2. The molecule has 0 aromatic carbocycles. The molecule has 0 atom stereocenters. The topological polar surface area (TPSA) is 80.3 Å². The molecule has 0 aliphatic heterocycles. The molecule has 0 saturated heterocycles. The molecule has 13 heavy (non-hydrogen) atoms. The Labute approximate surface area is 90.1 Å². The second kappa shape index (κ2) is 9.65. The van der Waals surface area contributed by atoms with E-state index in [0.717, 1.165) is 12.8 Å². The van der Waals surface area contributed by atoms with Crippen molar-refractivity contribution in [2.75, 3.05) is 0 Å². The number of rotatable bonds is 7. The van der Waals surface area contributed by atoms with Gasteiger partial charge in [0.1, 0.15) is 0 Å². The van der Waals surface area contributed by atoms with Crippen molar-refractivity contribution >= 4 is 11.9 Å². The van der Waals surface area contributed by atoms with Gasteiger partial charge in [0.15, 0.2) is 0 Å². The Bertz CT molecular complexity index is 140. The van der Waals surface area contributed by atoms with Crippen molar-refractivity contribution in [3.05, 3.63) is 0 Å². The predicted octanol–water partition coefficient (Wildman–Crippen LogP) is -1.18. The van der Waals surface area contributed by atoms with Crippen molar-refractivity contribution in [3.63, 3.8) is 0 Å². The zero-order valence-corrected chi connectivity index (χ0v) is 10.5. The van der Waals surface area contributed by atoms with Crippen molar-refractivity contribution in [2.24, 2.45) is 0 Å². The summed E-state index contributed by atoms with van der Waals surface area (Å²) in [4.78, 5) is 19.8. The minimum atomic E-state index is -1.05. The molecule has 0 aliphatic carbocycles. The van der Waals surface area contributed by atoms with Crippen LogP contribution in [-0.2, 0) is 29.1 Å². The zero-order chi connectivity index (χ0) is 9.40. The smallest absolute Gasteiger partial charge is 0.550 e. The van der Waals surface area contributed by atoms with Crippen LogP contribution in [0.4, 0.5) is 0 Å². The first-order valence-corrected chi connectivity index (χ1v) is 4.02. The fraction of sp³-hybridized carbons (Fsp3) is 0.750. The Kier molecular flexibility index (Phi) is 11.2. The molecule has 0 bridgehead atoms. The van der Waals surface area contributed by atoms with Crippen LogP contribution in [0.1, 0.15) is 38.5 Å². The average Bonchev–Trinajstić information content (AvgIpc) is 1.95. The predicted molar refractivity (Wildman–Crippen MR) is 37.7 cm³/mol. The number of carboxylic acid groups (broad SMARTS) is 2. The molecule has 0 radical (unpaired) electrons. The Morgan fingerprint density at radius 1 is 0.769 bits per heavy atom. The van der Waals surface area contributed by atoms with Crippen LogP contribution in [0.25, 0.3) is 0 Å². The molecule has 0 aliphatic rings. The molecule has 0 amide bonds. The molecular formula is C8H12O4Zn. The summed E-state index contributed by atoms with van der Waals surface area (Å²) in [6.07, 6.45) is 2.73. The van der Waals surface area contributed by atoms with E-state index >= 15 is 0 Å². The summed E-state index contributed by atoms with van der Waals surface area (Å²) < 4.78 is 0. The standard InChI is InChI=1S/C8H14O4.Zn/c9-7(10)5-3-1-2-4-6-8(11)12;/h1-6H2,(H,9,10)(H,11,12);/q;+2/p-2. The summed E-state index contributed by atoms with van der Waals surface area (Å²) >= 11 is 0. The molecule has 4 nitrogen and oxygen atoms in total. The molecule has 0 saturated carbocycles. The monoisotopic (exact) mass is 236 g/mol. The number of carboxylic acids is 2. The summed E-state index contributed by atoms with van der Waals surface area (Å²) in [5.74, 6) is -2.09. The minimum absolute atomic E-state index is 0. The molecule has 70 valence electrons. The Balaban J connectivity index is 0. The van der Waals surface area contributed by atoms with Crippen molar-refractivity contribution in [3.8, 4) is 0 Å². The van der Waals surface area contributed by atoms with E-state index in [4.69, 9.17) is 0 Å². The largest absolute Gasteiger partial charge is 2.00 e. The third-order valence-corrected chi connectivity index (χ3v) is 1.51. The van der Waals surface area contributed by atoms with Gasteiger partial charge >= 0.3 is 19.5 Å². The molecule has 0 aromatic rings. The number of hydrogen-bond donors (Lipinski definition) is 0. The van der Waals surface area contributed by atoms with Crippen LogP contribution in [0, 0.1) is 0 Å². The van der Waals surface area contributed by atoms with Gasteiger partial charge in [0.2, 0.25) is 0 Å². The first kappa shape index (κ1) is 15.1. The third kappa shape index (κ3) is 14.4. The van der Waals surface area contributed by atoms with Gasteiger partial charge in [0.25, 0.3) is 0 Å². The third-order valence-electron chi connectivity index (χ3n) is 1.51. The van der Waals surface area contributed by atoms with Gasteiger partial charge in [-0.05, 0) is 25.7 Å². The fourth-order valence-corrected chi connectivity index (χ4v) is 0.892. The molecule has 0 N–H and O–H groups in total. The van der Waals surface area contributed by atoms with Crippen LogP contribution in [0.5, 0.6) is 0 Å². The quantitative estimate of drug-likeness (QED) is 0.413. The summed E-state index contributed by atoms with van der Waals surface area (Å²) in [5.41, 5.74) is 0. The van der Waals surface area contributed by atoms with Gasteiger partial charge in [-0.1, -0.05) is 12.8 Å². The van der Waals surface area contributed by atoms with Crippen LogP contribution < -0.4 is 10.2 Å². The van der Waals surface area contributed by atoms with Crippen molar-refractivity contribution < 1.29 is 39.3 Å². The van der Waals surface area contributed by atoms with E-state index in [2.05, 4.69) is 0 Å². The van der Waals surface area contributed by atoms with E-state index < -0.39 is 11.9 Å². The molecule has 0 heterocycles. The summed E-state index contributed by atoms with van der Waals surface area (Å²) in [6.45, 7) is 0. The number of aliphatic carboxylic acids is 2. The molecule has 0 fully saturated rings. The van der Waals surface area contributed by atoms with Gasteiger partial charge < -0.3 is 19.8 Å². The van der Waals surface area contributed by atoms with Crippen LogP contribution >= 0.6 is 0 Å². The number of carbonyl (C=O) groups excluding carboxylic acids is 2. The van der Waals surface area contributed by atoms with Crippen LogP contribution in [-0.4, -0.2) is 11.9 Å². The molecule has 0 aromatic heterocycles. The van der Waals surface area contributed by atoms with E-state index in [9.17, 15) is 19.8 Å². The van der Waals surface area contributed by atoms with E-state index in [-0.39, 0.29) is 32.3 Å². The molecule has 0 rings (SSSR count). The normalized spacial score (nSPS) is 8.92. The zero-order valence-electron chi connectivity index (χ0n) is 7.58. The Morgan fingerprint density at radius 3 is 1.31 bits per heavy atom. The maximum atomic E-state index is 9.92. The Morgan fingerprint density at radius 2 is 1.08 bits per heavy atom. The SMILES string of the molecule is O=C([O-])CCCCCCC(=O)[O-].[Zn+2].